The normalized spacial score (nSPS) is 19.9. The summed E-state index contributed by atoms with van der Waals surface area (Å²) in [5, 5.41) is 0. The molecule has 1 aromatic rings. The van der Waals surface area contributed by atoms with Gasteiger partial charge < -0.3 is 4.90 Å². The first-order chi connectivity index (χ1) is 8.49. The highest BCUT2D eigenvalue weighted by atomic mass is 19.2. The molecule has 0 saturated carbocycles. The lowest BCUT2D eigenvalue weighted by molar-refractivity contribution is -0.117. The highest BCUT2D eigenvalue weighted by Gasteiger charge is 2.32. The summed E-state index contributed by atoms with van der Waals surface area (Å²) in [5.74, 6) is -1.33. The van der Waals surface area contributed by atoms with Gasteiger partial charge in [-0.1, -0.05) is 13.8 Å². The Kier molecular flexibility index (Phi) is 3.64. The van der Waals surface area contributed by atoms with E-state index in [1.807, 2.05) is 0 Å². The van der Waals surface area contributed by atoms with Gasteiger partial charge in [-0.15, -0.1) is 0 Å². The highest BCUT2D eigenvalue weighted by Crippen LogP contribution is 2.30. The van der Waals surface area contributed by atoms with Gasteiger partial charge in [-0.3, -0.25) is 4.79 Å². The van der Waals surface area contributed by atoms with E-state index in [2.05, 4.69) is 13.8 Å². The number of amides is 1. The molecule has 0 aromatic heterocycles. The molecule has 1 saturated heterocycles. The molecule has 0 aliphatic carbocycles. The number of rotatable bonds is 3. The van der Waals surface area contributed by atoms with Gasteiger partial charge in [0.1, 0.15) is 0 Å². The summed E-state index contributed by atoms with van der Waals surface area (Å²) < 4.78 is 26.1. The quantitative estimate of drug-likeness (QED) is 0.807. The van der Waals surface area contributed by atoms with Crippen LogP contribution >= 0.6 is 0 Å². The van der Waals surface area contributed by atoms with Crippen molar-refractivity contribution in [2.75, 3.05) is 4.90 Å². The Balaban J connectivity index is 2.27. The molecule has 18 heavy (non-hydrogen) atoms. The fourth-order valence-corrected chi connectivity index (χ4v) is 2.50. The SMILES string of the molecule is CC(C)CC1CCC(=O)N1c1ccc(F)c(F)c1. The standard InChI is InChI=1S/C14H17F2NO/c1-9(2)7-10-4-6-14(18)17(10)11-3-5-12(15)13(16)8-11/h3,5,8-10H,4,6-7H2,1-2H3. The molecule has 0 radical (unpaired) electrons. The van der Waals surface area contributed by atoms with Crippen LogP contribution in [0, 0.1) is 17.6 Å². The second-order valence-electron chi connectivity index (χ2n) is 5.18. The number of hydrogen-bond donors (Lipinski definition) is 0. The molecule has 0 spiro atoms. The molecule has 4 heteroatoms. The molecule has 1 amide bonds. The Morgan fingerprint density at radius 1 is 1.33 bits per heavy atom. The first kappa shape index (κ1) is 13.0. The minimum atomic E-state index is -0.907. The van der Waals surface area contributed by atoms with E-state index in [0.29, 0.717) is 18.0 Å². The van der Waals surface area contributed by atoms with Gasteiger partial charge in [0.15, 0.2) is 11.6 Å². The van der Waals surface area contributed by atoms with Gasteiger partial charge in [0.2, 0.25) is 5.91 Å². The third-order valence-electron chi connectivity index (χ3n) is 3.25. The van der Waals surface area contributed by atoms with Crippen molar-refractivity contribution >= 4 is 11.6 Å². The van der Waals surface area contributed by atoms with E-state index >= 15 is 0 Å². The smallest absolute Gasteiger partial charge is 0.227 e. The number of nitrogens with zero attached hydrogens (tertiary/aromatic N) is 1. The number of halogens is 2. The van der Waals surface area contributed by atoms with E-state index in [1.165, 1.54) is 6.07 Å². The van der Waals surface area contributed by atoms with Crippen molar-refractivity contribution in [1.29, 1.82) is 0 Å². The summed E-state index contributed by atoms with van der Waals surface area (Å²) in [7, 11) is 0. The molecule has 1 fully saturated rings. The van der Waals surface area contributed by atoms with E-state index in [1.54, 1.807) is 4.90 Å². The van der Waals surface area contributed by atoms with Crippen molar-refractivity contribution in [2.24, 2.45) is 5.92 Å². The molecule has 0 N–H and O–H groups in total. The van der Waals surface area contributed by atoms with Gasteiger partial charge in [0.05, 0.1) is 0 Å². The summed E-state index contributed by atoms with van der Waals surface area (Å²) in [5.41, 5.74) is 0.460. The zero-order chi connectivity index (χ0) is 13.3. The molecule has 2 rings (SSSR count). The van der Waals surface area contributed by atoms with E-state index in [-0.39, 0.29) is 11.9 Å². The molecule has 0 bridgehead atoms. The van der Waals surface area contributed by atoms with Crippen molar-refractivity contribution in [3.8, 4) is 0 Å². The molecule has 1 aliphatic heterocycles. The second-order valence-corrected chi connectivity index (χ2v) is 5.18. The van der Waals surface area contributed by atoms with Crippen LogP contribution in [0.5, 0.6) is 0 Å². The third kappa shape index (κ3) is 2.52. The predicted molar refractivity (Wildman–Crippen MR) is 66.3 cm³/mol. The number of anilines is 1. The molecule has 1 aliphatic rings. The summed E-state index contributed by atoms with van der Waals surface area (Å²) in [4.78, 5) is 13.5. The van der Waals surface area contributed by atoms with Crippen molar-refractivity contribution in [3.63, 3.8) is 0 Å². The van der Waals surface area contributed by atoms with E-state index in [0.717, 1.165) is 25.0 Å². The van der Waals surface area contributed by atoms with Crippen LogP contribution in [0.25, 0.3) is 0 Å². The van der Waals surface area contributed by atoms with Crippen LogP contribution in [0.15, 0.2) is 18.2 Å². The van der Waals surface area contributed by atoms with E-state index in [4.69, 9.17) is 0 Å². The zero-order valence-corrected chi connectivity index (χ0v) is 10.6. The predicted octanol–water partition coefficient (Wildman–Crippen LogP) is 3.51. The fraction of sp³-hybridized carbons (Fsp3) is 0.500. The average Bonchev–Trinajstić information content (AvgIpc) is 2.63. The first-order valence-electron chi connectivity index (χ1n) is 6.26. The monoisotopic (exact) mass is 253 g/mol. The minimum absolute atomic E-state index is 0.00772. The van der Waals surface area contributed by atoms with Crippen molar-refractivity contribution in [1.82, 2.24) is 0 Å². The molecule has 1 atom stereocenters. The molecule has 1 heterocycles. The molecule has 2 nitrogen and oxygen atoms in total. The van der Waals surface area contributed by atoms with Crippen molar-refractivity contribution < 1.29 is 13.6 Å². The Morgan fingerprint density at radius 2 is 2.06 bits per heavy atom. The van der Waals surface area contributed by atoms with Crippen LogP contribution in [0.3, 0.4) is 0 Å². The second kappa shape index (κ2) is 5.04. The highest BCUT2D eigenvalue weighted by molar-refractivity contribution is 5.96. The van der Waals surface area contributed by atoms with Gasteiger partial charge in [0, 0.05) is 24.2 Å². The van der Waals surface area contributed by atoms with Gasteiger partial charge in [-0.05, 0) is 30.9 Å². The maximum Gasteiger partial charge on any atom is 0.227 e. The lowest BCUT2D eigenvalue weighted by atomic mass is 10.0. The molecule has 1 unspecified atom stereocenters. The van der Waals surface area contributed by atoms with Crippen LogP contribution < -0.4 is 4.90 Å². The number of benzene rings is 1. The summed E-state index contributed by atoms with van der Waals surface area (Å²) >= 11 is 0. The van der Waals surface area contributed by atoms with Crippen LogP contribution in [-0.2, 0) is 4.79 Å². The van der Waals surface area contributed by atoms with Crippen molar-refractivity contribution in [2.45, 2.75) is 39.2 Å². The minimum Gasteiger partial charge on any atom is -0.309 e. The Bertz CT molecular complexity index is 459. The summed E-state index contributed by atoms with van der Waals surface area (Å²) in [6.07, 6.45) is 2.15. The van der Waals surface area contributed by atoms with Gasteiger partial charge >= 0.3 is 0 Å². The molecular formula is C14H17F2NO. The third-order valence-corrected chi connectivity index (χ3v) is 3.25. The number of hydrogen-bond acceptors (Lipinski definition) is 1. The fourth-order valence-electron chi connectivity index (χ4n) is 2.50. The zero-order valence-electron chi connectivity index (χ0n) is 10.6. The Morgan fingerprint density at radius 3 is 2.67 bits per heavy atom. The van der Waals surface area contributed by atoms with Crippen LogP contribution in [0.4, 0.5) is 14.5 Å². The Labute approximate surface area is 106 Å². The molecular weight excluding hydrogens is 236 g/mol. The average molecular weight is 253 g/mol. The summed E-state index contributed by atoms with van der Waals surface area (Å²) in [6.45, 7) is 4.18. The largest absolute Gasteiger partial charge is 0.309 e. The van der Waals surface area contributed by atoms with Crippen LogP contribution in [0.2, 0.25) is 0 Å². The van der Waals surface area contributed by atoms with Gasteiger partial charge in [-0.25, -0.2) is 8.78 Å². The van der Waals surface area contributed by atoms with Crippen molar-refractivity contribution in [3.05, 3.63) is 29.8 Å². The van der Waals surface area contributed by atoms with E-state index in [9.17, 15) is 13.6 Å². The maximum absolute atomic E-state index is 13.2. The maximum atomic E-state index is 13.2. The van der Waals surface area contributed by atoms with Crippen LogP contribution in [0.1, 0.15) is 33.1 Å². The van der Waals surface area contributed by atoms with Gasteiger partial charge in [0.25, 0.3) is 0 Å². The Hall–Kier alpha value is -1.45. The summed E-state index contributed by atoms with van der Waals surface area (Å²) in [6, 6.07) is 3.74. The number of carbonyl (C=O) groups excluding carboxylic acids is 1. The molecule has 1 aromatic carbocycles. The molecule has 98 valence electrons. The van der Waals surface area contributed by atoms with Crippen LogP contribution in [-0.4, -0.2) is 11.9 Å². The lowest BCUT2D eigenvalue weighted by Crippen LogP contribution is -2.33. The topological polar surface area (TPSA) is 20.3 Å². The van der Waals surface area contributed by atoms with E-state index < -0.39 is 11.6 Å². The number of carbonyl (C=O) groups is 1. The van der Waals surface area contributed by atoms with Gasteiger partial charge in [-0.2, -0.15) is 0 Å². The first-order valence-corrected chi connectivity index (χ1v) is 6.26. The lowest BCUT2D eigenvalue weighted by Gasteiger charge is -2.26.